The van der Waals surface area contributed by atoms with Crippen LogP contribution < -0.4 is 0 Å². The molecule has 0 aliphatic rings. The van der Waals surface area contributed by atoms with E-state index in [2.05, 4.69) is 43.5 Å². The van der Waals surface area contributed by atoms with E-state index in [1.165, 1.54) is 0 Å². The van der Waals surface area contributed by atoms with Gasteiger partial charge in [0.1, 0.15) is 5.75 Å². The van der Waals surface area contributed by atoms with Gasteiger partial charge in [0.2, 0.25) is 0 Å². The zero-order valence-electron chi connectivity index (χ0n) is 9.07. The van der Waals surface area contributed by atoms with Crippen molar-refractivity contribution < 1.29 is 5.11 Å². The molecule has 0 aromatic heterocycles. The number of aliphatic imine (C=N–C) groups is 1. The van der Waals surface area contributed by atoms with Crippen molar-refractivity contribution in [3.63, 3.8) is 0 Å². The van der Waals surface area contributed by atoms with Crippen molar-refractivity contribution in [2.75, 3.05) is 0 Å². The SMILES string of the molecule is Oc1ccc(Br)cc1C=Nc1ccc(I)cc1Cl. The highest BCUT2D eigenvalue weighted by atomic mass is 127. The molecule has 0 aliphatic heterocycles. The molecule has 2 rings (SSSR count). The number of benzene rings is 2. The summed E-state index contributed by atoms with van der Waals surface area (Å²) in [5.41, 5.74) is 1.32. The molecule has 0 atom stereocenters. The van der Waals surface area contributed by atoms with E-state index < -0.39 is 0 Å². The lowest BCUT2D eigenvalue weighted by molar-refractivity contribution is 0.474. The Kier molecular flexibility index (Phi) is 4.64. The largest absolute Gasteiger partial charge is 0.507 e. The van der Waals surface area contributed by atoms with Crippen LogP contribution in [0.5, 0.6) is 5.75 Å². The first-order valence-electron chi connectivity index (χ1n) is 5.04. The molecule has 0 unspecified atom stereocenters. The molecule has 0 amide bonds. The molecule has 0 radical (unpaired) electrons. The Labute approximate surface area is 132 Å². The van der Waals surface area contributed by atoms with Crippen molar-refractivity contribution in [1.82, 2.24) is 0 Å². The first-order valence-corrected chi connectivity index (χ1v) is 7.29. The molecule has 0 saturated carbocycles. The lowest BCUT2D eigenvalue weighted by Crippen LogP contribution is -1.82. The fourth-order valence-corrected chi connectivity index (χ4v) is 2.64. The van der Waals surface area contributed by atoms with Crippen molar-refractivity contribution in [2.45, 2.75) is 0 Å². The molecule has 5 heteroatoms. The first-order chi connectivity index (χ1) is 8.56. The van der Waals surface area contributed by atoms with Crippen LogP contribution in [0.4, 0.5) is 5.69 Å². The molecule has 0 saturated heterocycles. The predicted molar refractivity (Wildman–Crippen MR) is 87.2 cm³/mol. The van der Waals surface area contributed by atoms with Crippen LogP contribution in [0.15, 0.2) is 45.9 Å². The van der Waals surface area contributed by atoms with Gasteiger partial charge in [-0.25, -0.2) is 0 Å². The first kappa shape index (κ1) is 13.8. The summed E-state index contributed by atoms with van der Waals surface area (Å²) in [5.74, 6) is 0.184. The molecule has 2 aromatic rings. The topological polar surface area (TPSA) is 32.6 Å². The van der Waals surface area contributed by atoms with Crippen LogP contribution in [-0.2, 0) is 0 Å². The Balaban J connectivity index is 2.32. The van der Waals surface area contributed by atoms with E-state index in [9.17, 15) is 5.11 Å². The number of aromatic hydroxyl groups is 1. The van der Waals surface area contributed by atoms with Crippen LogP contribution in [0.1, 0.15) is 5.56 Å². The molecule has 0 aliphatic carbocycles. The Morgan fingerprint density at radius 3 is 2.72 bits per heavy atom. The molecule has 92 valence electrons. The minimum Gasteiger partial charge on any atom is -0.507 e. The van der Waals surface area contributed by atoms with E-state index in [1.807, 2.05) is 18.2 Å². The van der Waals surface area contributed by atoms with Crippen LogP contribution in [0.3, 0.4) is 0 Å². The van der Waals surface area contributed by atoms with Gasteiger partial charge in [-0.05, 0) is 59.0 Å². The van der Waals surface area contributed by atoms with Gasteiger partial charge < -0.3 is 5.11 Å². The van der Waals surface area contributed by atoms with Gasteiger partial charge in [-0.15, -0.1) is 0 Å². The van der Waals surface area contributed by atoms with E-state index in [1.54, 1.807) is 24.4 Å². The van der Waals surface area contributed by atoms with Crippen LogP contribution in [-0.4, -0.2) is 11.3 Å². The van der Waals surface area contributed by atoms with Gasteiger partial charge in [0.05, 0.1) is 10.7 Å². The Morgan fingerprint density at radius 2 is 2.00 bits per heavy atom. The molecular formula is C13H8BrClINO. The third-order valence-corrected chi connectivity index (χ3v) is 3.71. The Hall–Kier alpha value is -0.590. The maximum Gasteiger partial charge on any atom is 0.124 e. The summed E-state index contributed by atoms with van der Waals surface area (Å²) in [6.07, 6.45) is 1.59. The molecule has 0 fully saturated rings. The highest BCUT2D eigenvalue weighted by Gasteiger charge is 2.01. The van der Waals surface area contributed by atoms with E-state index >= 15 is 0 Å². The summed E-state index contributed by atoms with van der Waals surface area (Å²) in [5, 5.41) is 10.3. The molecule has 2 aromatic carbocycles. The maximum absolute atomic E-state index is 9.68. The number of rotatable bonds is 2. The number of hydrogen-bond donors (Lipinski definition) is 1. The molecule has 0 heterocycles. The lowest BCUT2D eigenvalue weighted by Gasteiger charge is -2.01. The van der Waals surface area contributed by atoms with Gasteiger partial charge in [-0.2, -0.15) is 0 Å². The van der Waals surface area contributed by atoms with Crippen LogP contribution in [0.2, 0.25) is 5.02 Å². The quantitative estimate of drug-likeness (QED) is 0.512. The zero-order valence-corrected chi connectivity index (χ0v) is 13.6. The summed E-state index contributed by atoms with van der Waals surface area (Å²) in [6.45, 7) is 0. The molecule has 0 bridgehead atoms. The monoisotopic (exact) mass is 435 g/mol. The summed E-state index contributed by atoms with van der Waals surface area (Å²) in [7, 11) is 0. The molecule has 18 heavy (non-hydrogen) atoms. The van der Waals surface area contributed by atoms with Gasteiger partial charge in [0.15, 0.2) is 0 Å². The van der Waals surface area contributed by atoms with E-state index in [-0.39, 0.29) is 5.75 Å². The minimum atomic E-state index is 0.184. The van der Waals surface area contributed by atoms with Gasteiger partial charge in [-0.3, -0.25) is 4.99 Å². The maximum atomic E-state index is 9.68. The third kappa shape index (κ3) is 3.46. The predicted octanol–water partition coefficient (Wildman–Crippen LogP) is 5.16. The Morgan fingerprint density at radius 1 is 1.22 bits per heavy atom. The third-order valence-electron chi connectivity index (χ3n) is 2.24. The van der Waals surface area contributed by atoms with Crippen molar-refractivity contribution in [3.8, 4) is 5.75 Å². The highest BCUT2D eigenvalue weighted by Crippen LogP contribution is 2.27. The van der Waals surface area contributed by atoms with Crippen molar-refractivity contribution in [2.24, 2.45) is 4.99 Å². The minimum absolute atomic E-state index is 0.184. The van der Waals surface area contributed by atoms with E-state index in [0.717, 1.165) is 8.04 Å². The number of hydrogen-bond acceptors (Lipinski definition) is 2. The molecule has 1 N–H and O–H groups in total. The summed E-state index contributed by atoms with van der Waals surface area (Å²) in [4.78, 5) is 4.28. The van der Waals surface area contributed by atoms with Crippen LogP contribution in [0.25, 0.3) is 0 Å². The van der Waals surface area contributed by atoms with Crippen molar-refractivity contribution in [1.29, 1.82) is 0 Å². The number of nitrogens with zero attached hydrogens (tertiary/aromatic N) is 1. The van der Waals surface area contributed by atoms with E-state index in [4.69, 9.17) is 11.6 Å². The lowest BCUT2D eigenvalue weighted by atomic mass is 10.2. The average molecular weight is 436 g/mol. The van der Waals surface area contributed by atoms with Crippen molar-refractivity contribution in [3.05, 3.63) is 55.0 Å². The molecule has 0 spiro atoms. The zero-order chi connectivity index (χ0) is 13.1. The van der Waals surface area contributed by atoms with Gasteiger partial charge in [0, 0.05) is 19.8 Å². The van der Waals surface area contributed by atoms with Gasteiger partial charge in [-0.1, -0.05) is 27.5 Å². The number of halogens is 3. The highest BCUT2D eigenvalue weighted by molar-refractivity contribution is 14.1. The summed E-state index contributed by atoms with van der Waals surface area (Å²) in [6, 6.07) is 10.8. The van der Waals surface area contributed by atoms with Crippen LogP contribution >= 0.6 is 50.1 Å². The normalized spacial score (nSPS) is 11.1. The second-order valence-electron chi connectivity index (χ2n) is 3.56. The standard InChI is InChI=1S/C13H8BrClINO/c14-9-1-4-13(18)8(5-9)7-17-12-3-2-10(16)6-11(12)15/h1-7,18H. The second kappa shape index (κ2) is 6.04. The second-order valence-corrected chi connectivity index (χ2v) is 6.13. The van der Waals surface area contributed by atoms with Crippen LogP contribution in [0, 0.1) is 3.57 Å². The average Bonchev–Trinajstić information content (AvgIpc) is 2.32. The smallest absolute Gasteiger partial charge is 0.124 e. The molecular weight excluding hydrogens is 428 g/mol. The molecule has 2 nitrogen and oxygen atoms in total. The summed E-state index contributed by atoms with van der Waals surface area (Å²) < 4.78 is 1.94. The number of phenolic OH excluding ortho intramolecular Hbond substituents is 1. The Bertz CT molecular complexity index is 616. The number of phenols is 1. The fraction of sp³-hybridized carbons (Fsp3) is 0. The van der Waals surface area contributed by atoms with Gasteiger partial charge in [0.25, 0.3) is 0 Å². The van der Waals surface area contributed by atoms with Crippen molar-refractivity contribution >= 4 is 62.0 Å². The summed E-state index contributed by atoms with van der Waals surface area (Å²) >= 11 is 11.6. The van der Waals surface area contributed by atoms with E-state index in [0.29, 0.717) is 16.3 Å². The van der Waals surface area contributed by atoms with Gasteiger partial charge >= 0.3 is 0 Å². The fourth-order valence-electron chi connectivity index (χ4n) is 1.35.